The van der Waals surface area contributed by atoms with Gasteiger partial charge in [0.15, 0.2) is 6.20 Å². The molecule has 0 radical (unpaired) electrons. The molecule has 5 heteroatoms. The summed E-state index contributed by atoms with van der Waals surface area (Å²) in [6, 6.07) is 13.0. The third kappa shape index (κ3) is 4.49. The average Bonchev–Trinajstić information content (AvgIpc) is 2.46. The van der Waals surface area contributed by atoms with Gasteiger partial charge in [0.1, 0.15) is 0 Å². The second-order valence-corrected chi connectivity index (χ2v) is 7.02. The van der Waals surface area contributed by atoms with Crippen LogP contribution in [0.5, 0.6) is 0 Å². The molecule has 0 spiro atoms. The highest BCUT2D eigenvalue weighted by Crippen LogP contribution is 2.23. The summed E-state index contributed by atoms with van der Waals surface area (Å²) in [5, 5.41) is 14.8. The maximum absolute atomic E-state index is 11.9. The zero-order valence-electron chi connectivity index (χ0n) is 13.0. The molecule has 1 aromatic heterocycles. The predicted molar refractivity (Wildman–Crippen MR) is 89.9 cm³/mol. The van der Waals surface area contributed by atoms with Crippen molar-refractivity contribution >= 4 is 23.4 Å². The van der Waals surface area contributed by atoms with Crippen LogP contribution in [0.4, 0.5) is 5.69 Å². The third-order valence-electron chi connectivity index (χ3n) is 3.17. The minimum atomic E-state index is -0.127. The standard InChI is InChI=1S/C17H20N2O2S/c1-17(2,3)13-7-9-14(10-8-13)18-15(20)12-22-16-6-4-5-11-19(16)21/h4-11H,12H2,1-3H3,(H,18,20). The molecule has 2 aromatic rings. The molecule has 0 aliphatic carbocycles. The van der Waals surface area contributed by atoms with Crippen LogP contribution in [0.2, 0.25) is 0 Å². The van der Waals surface area contributed by atoms with E-state index in [9.17, 15) is 10.0 Å². The Hall–Kier alpha value is -2.01. The van der Waals surface area contributed by atoms with Gasteiger partial charge in [-0.1, -0.05) is 32.9 Å². The second kappa shape index (κ2) is 6.83. The van der Waals surface area contributed by atoms with E-state index in [1.807, 2.05) is 24.3 Å². The summed E-state index contributed by atoms with van der Waals surface area (Å²) in [5.74, 6) is 0.0742. The first-order valence-electron chi connectivity index (χ1n) is 7.07. The molecule has 0 aliphatic rings. The van der Waals surface area contributed by atoms with Crippen molar-refractivity contribution in [3.63, 3.8) is 0 Å². The van der Waals surface area contributed by atoms with E-state index in [2.05, 4.69) is 26.1 Å². The van der Waals surface area contributed by atoms with Gasteiger partial charge in [-0.05, 0) is 40.9 Å². The zero-order chi connectivity index (χ0) is 16.2. The smallest absolute Gasteiger partial charge is 0.251 e. The van der Waals surface area contributed by atoms with E-state index in [1.165, 1.54) is 23.5 Å². The minimum Gasteiger partial charge on any atom is -0.618 e. The highest BCUT2D eigenvalue weighted by molar-refractivity contribution is 7.99. The lowest BCUT2D eigenvalue weighted by molar-refractivity contribution is -0.645. The molecule has 116 valence electrons. The molecule has 1 N–H and O–H groups in total. The number of carbonyl (C=O) groups excluding carboxylic acids is 1. The maximum Gasteiger partial charge on any atom is 0.251 e. The summed E-state index contributed by atoms with van der Waals surface area (Å²) in [7, 11) is 0. The Kier molecular flexibility index (Phi) is 5.08. The van der Waals surface area contributed by atoms with E-state index in [0.29, 0.717) is 5.03 Å². The van der Waals surface area contributed by atoms with E-state index in [-0.39, 0.29) is 17.1 Å². The largest absolute Gasteiger partial charge is 0.618 e. The number of carbonyl (C=O) groups is 1. The van der Waals surface area contributed by atoms with Crippen LogP contribution in [0.25, 0.3) is 0 Å². The van der Waals surface area contributed by atoms with Crippen molar-refractivity contribution in [2.75, 3.05) is 11.1 Å². The summed E-state index contributed by atoms with van der Waals surface area (Å²) in [5.41, 5.74) is 2.08. The minimum absolute atomic E-state index is 0.0907. The van der Waals surface area contributed by atoms with Crippen molar-refractivity contribution in [2.24, 2.45) is 0 Å². The van der Waals surface area contributed by atoms with Crippen molar-refractivity contribution < 1.29 is 9.52 Å². The normalized spacial score (nSPS) is 11.2. The van der Waals surface area contributed by atoms with Crippen LogP contribution in [-0.4, -0.2) is 11.7 Å². The quantitative estimate of drug-likeness (QED) is 0.534. The van der Waals surface area contributed by atoms with Crippen molar-refractivity contribution in [2.45, 2.75) is 31.2 Å². The first-order chi connectivity index (χ1) is 10.4. The van der Waals surface area contributed by atoms with E-state index in [4.69, 9.17) is 0 Å². The Morgan fingerprint density at radius 2 is 1.86 bits per heavy atom. The number of benzene rings is 1. The van der Waals surface area contributed by atoms with Crippen LogP contribution < -0.4 is 10.0 Å². The van der Waals surface area contributed by atoms with Crippen molar-refractivity contribution in [3.8, 4) is 0 Å². The van der Waals surface area contributed by atoms with Crippen molar-refractivity contribution in [3.05, 3.63) is 59.4 Å². The fraction of sp³-hybridized carbons (Fsp3) is 0.294. The molecule has 0 fully saturated rings. The van der Waals surface area contributed by atoms with Crippen molar-refractivity contribution in [1.29, 1.82) is 0 Å². The highest BCUT2D eigenvalue weighted by atomic mass is 32.2. The lowest BCUT2D eigenvalue weighted by atomic mass is 9.87. The Bertz CT molecular complexity index is 648. The molecule has 22 heavy (non-hydrogen) atoms. The summed E-state index contributed by atoms with van der Waals surface area (Å²) < 4.78 is 0.760. The number of aromatic nitrogens is 1. The van der Waals surface area contributed by atoms with E-state index in [0.717, 1.165) is 10.4 Å². The second-order valence-electron chi connectivity index (χ2n) is 6.03. The van der Waals surface area contributed by atoms with Gasteiger partial charge in [0.05, 0.1) is 5.75 Å². The summed E-state index contributed by atoms with van der Waals surface area (Å²) >= 11 is 1.22. The number of thioether (sulfide) groups is 1. The number of hydrogen-bond acceptors (Lipinski definition) is 3. The van der Waals surface area contributed by atoms with Gasteiger partial charge in [-0.2, -0.15) is 4.73 Å². The molecule has 0 unspecified atom stereocenters. The van der Waals surface area contributed by atoms with E-state index < -0.39 is 0 Å². The van der Waals surface area contributed by atoms with Crippen LogP contribution in [0.3, 0.4) is 0 Å². The number of anilines is 1. The fourth-order valence-corrected chi connectivity index (χ4v) is 2.63. The molecular formula is C17H20N2O2S. The lowest BCUT2D eigenvalue weighted by Crippen LogP contribution is -2.28. The number of nitrogens with one attached hydrogen (secondary N) is 1. The number of nitrogens with zero attached hydrogens (tertiary/aromatic N) is 1. The van der Waals surface area contributed by atoms with Gasteiger partial charge < -0.3 is 10.5 Å². The fourth-order valence-electron chi connectivity index (χ4n) is 1.91. The lowest BCUT2D eigenvalue weighted by Gasteiger charge is -2.19. The zero-order valence-corrected chi connectivity index (χ0v) is 13.8. The number of hydrogen-bond donors (Lipinski definition) is 1. The Balaban J connectivity index is 1.91. The van der Waals surface area contributed by atoms with Gasteiger partial charge in [0.25, 0.3) is 5.03 Å². The van der Waals surface area contributed by atoms with Gasteiger partial charge in [-0.3, -0.25) is 4.79 Å². The topological polar surface area (TPSA) is 56.0 Å². The van der Waals surface area contributed by atoms with Crippen LogP contribution in [0, 0.1) is 5.21 Å². The van der Waals surface area contributed by atoms with Crippen LogP contribution in [0.1, 0.15) is 26.3 Å². The van der Waals surface area contributed by atoms with Gasteiger partial charge in [0.2, 0.25) is 5.91 Å². The van der Waals surface area contributed by atoms with E-state index in [1.54, 1.807) is 18.2 Å². The van der Waals surface area contributed by atoms with E-state index >= 15 is 0 Å². The molecule has 4 nitrogen and oxygen atoms in total. The van der Waals surface area contributed by atoms with Gasteiger partial charge in [-0.15, -0.1) is 0 Å². The maximum atomic E-state index is 11.9. The molecule has 0 saturated carbocycles. The monoisotopic (exact) mass is 316 g/mol. The summed E-state index contributed by atoms with van der Waals surface area (Å²) in [4.78, 5) is 11.9. The van der Waals surface area contributed by atoms with Crippen LogP contribution in [-0.2, 0) is 10.2 Å². The first kappa shape index (κ1) is 16.4. The molecule has 2 rings (SSSR count). The van der Waals surface area contributed by atoms with Gasteiger partial charge in [0, 0.05) is 17.8 Å². The SMILES string of the molecule is CC(C)(C)c1ccc(NC(=O)CSc2cccc[n+]2[O-])cc1. The Labute approximate surface area is 135 Å². The van der Waals surface area contributed by atoms with Gasteiger partial charge in [-0.25, -0.2) is 0 Å². The van der Waals surface area contributed by atoms with Crippen LogP contribution in [0.15, 0.2) is 53.7 Å². The Morgan fingerprint density at radius 3 is 2.45 bits per heavy atom. The molecule has 1 aromatic carbocycles. The molecular weight excluding hydrogens is 296 g/mol. The molecule has 1 heterocycles. The third-order valence-corrected chi connectivity index (χ3v) is 4.19. The summed E-state index contributed by atoms with van der Waals surface area (Å²) in [6.45, 7) is 6.44. The molecule has 1 amide bonds. The first-order valence-corrected chi connectivity index (χ1v) is 8.06. The molecule has 0 atom stereocenters. The average molecular weight is 316 g/mol. The highest BCUT2D eigenvalue weighted by Gasteiger charge is 2.13. The number of pyridine rings is 1. The number of rotatable bonds is 4. The number of amides is 1. The summed E-state index contributed by atoms with van der Waals surface area (Å²) in [6.07, 6.45) is 1.42. The molecule has 0 aliphatic heterocycles. The van der Waals surface area contributed by atoms with Crippen molar-refractivity contribution in [1.82, 2.24) is 0 Å². The Morgan fingerprint density at radius 1 is 1.18 bits per heavy atom. The van der Waals surface area contributed by atoms with Crippen LogP contribution >= 0.6 is 11.8 Å². The van der Waals surface area contributed by atoms with Gasteiger partial charge >= 0.3 is 0 Å². The molecule has 0 bridgehead atoms. The predicted octanol–water partition coefficient (Wildman–Crippen LogP) is 3.35. The molecule has 0 saturated heterocycles.